The third-order valence-electron chi connectivity index (χ3n) is 4.27. The van der Waals surface area contributed by atoms with Gasteiger partial charge in [0.2, 0.25) is 0 Å². The van der Waals surface area contributed by atoms with Crippen LogP contribution in [0.25, 0.3) is 0 Å². The van der Waals surface area contributed by atoms with Crippen molar-refractivity contribution in [3.05, 3.63) is 35.9 Å². The Kier molecular flexibility index (Phi) is 6.02. The highest BCUT2D eigenvalue weighted by molar-refractivity contribution is 5.25. The fraction of sp³-hybridized carbons (Fsp3) is 0.647. The molecule has 0 aromatic heterocycles. The number of benzene rings is 1. The number of nitrogens with one attached hydrogen (secondary N) is 1. The van der Waals surface area contributed by atoms with Gasteiger partial charge in [-0.1, -0.05) is 43.7 Å². The molecular formula is C17H28N2O. The normalized spacial score (nSPS) is 23.9. The van der Waals surface area contributed by atoms with E-state index in [0.717, 1.165) is 45.8 Å². The highest BCUT2D eigenvalue weighted by Gasteiger charge is 2.35. The van der Waals surface area contributed by atoms with E-state index in [0.29, 0.717) is 0 Å². The van der Waals surface area contributed by atoms with Crippen LogP contribution in [0.2, 0.25) is 0 Å². The molecule has 2 rings (SSSR count). The SMILES string of the molecule is CCCCOCCN1CCNCC1(C)c1ccccc1. The van der Waals surface area contributed by atoms with Crippen LogP contribution in [0.3, 0.4) is 0 Å². The lowest BCUT2D eigenvalue weighted by atomic mass is 9.88. The van der Waals surface area contributed by atoms with E-state index in [1.54, 1.807) is 0 Å². The largest absolute Gasteiger partial charge is 0.380 e. The summed E-state index contributed by atoms with van der Waals surface area (Å²) in [4.78, 5) is 2.56. The molecule has 0 aliphatic carbocycles. The Morgan fingerprint density at radius 1 is 1.25 bits per heavy atom. The van der Waals surface area contributed by atoms with Crippen LogP contribution in [-0.4, -0.2) is 44.3 Å². The zero-order valence-electron chi connectivity index (χ0n) is 12.9. The van der Waals surface area contributed by atoms with Crippen molar-refractivity contribution in [2.45, 2.75) is 32.2 Å². The Morgan fingerprint density at radius 2 is 2.05 bits per heavy atom. The summed E-state index contributed by atoms with van der Waals surface area (Å²) < 4.78 is 5.74. The molecule has 1 unspecified atom stereocenters. The standard InChI is InChI=1S/C17H28N2O/c1-3-4-13-20-14-12-19-11-10-18-15-17(19,2)16-8-6-5-7-9-16/h5-9,18H,3-4,10-15H2,1-2H3. The van der Waals surface area contributed by atoms with Crippen molar-refractivity contribution in [2.24, 2.45) is 0 Å². The molecular weight excluding hydrogens is 248 g/mol. The summed E-state index contributed by atoms with van der Waals surface area (Å²) in [7, 11) is 0. The van der Waals surface area contributed by atoms with Crippen LogP contribution >= 0.6 is 0 Å². The molecule has 1 aromatic rings. The Labute approximate surface area is 123 Å². The molecule has 0 bridgehead atoms. The predicted molar refractivity (Wildman–Crippen MR) is 84.0 cm³/mol. The van der Waals surface area contributed by atoms with Gasteiger partial charge in [0.25, 0.3) is 0 Å². The predicted octanol–water partition coefficient (Wildman–Crippen LogP) is 2.62. The number of ether oxygens (including phenoxy) is 1. The Bertz CT molecular complexity index is 382. The van der Waals surface area contributed by atoms with Crippen LogP contribution in [0.5, 0.6) is 0 Å². The molecule has 3 nitrogen and oxygen atoms in total. The zero-order chi connectivity index (χ0) is 14.3. The molecule has 1 fully saturated rings. The fourth-order valence-corrected chi connectivity index (χ4v) is 2.87. The molecule has 0 amide bonds. The fourth-order valence-electron chi connectivity index (χ4n) is 2.87. The minimum atomic E-state index is 0.0770. The van der Waals surface area contributed by atoms with Crippen LogP contribution in [0, 0.1) is 0 Å². The highest BCUT2D eigenvalue weighted by atomic mass is 16.5. The van der Waals surface area contributed by atoms with Gasteiger partial charge in [-0.15, -0.1) is 0 Å². The van der Waals surface area contributed by atoms with Gasteiger partial charge >= 0.3 is 0 Å². The molecule has 0 spiro atoms. The maximum absolute atomic E-state index is 5.74. The number of rotatable bonds is 7. The summed E-state index contributed by atoms with van der Waals surface area (Å²) in [6.07, 6.45) is 2.37. The van der Waals surface area contributed by atoms with Gasteiger partial charge < -0.3 is 10.1 Å². The molecule has 3 heteroatoms. The van der Waals surface area contributed by atoms with Crippen molar-refractivity contribution in [1.82, 2.24) is 10.2 Å². The van der Waals surface area contributed by atoms with Gasteiger partial charge in [-0.3, -0.25) is 4.90 Å². The van der Waals surface area contributed by atoms with E-state index in [4.69, 9.17) is 4.74 Å². The molecule has 1 heterocycles. The van der Waals surface area contributed by atoms with E-state index in [-0.39, 0.29) is 5.54 Å². The summed E-state index contributed by atoms with van der Waals surface area (Å²) in [5.74, 6) is 0. The maximum atomic E-state index is 5.74. The van der Waals surface area contributed by atoms with Crippen LogP contribution in [0.4, 0.5) is 0 Å². The van der Waals surface area contributed by atoms with E-state index in [1.807, 2.05) is 0 Å². The molecule has 1 aromatic carbocycles. The van der Waals surface area contributed by atoms with Crippen molar-refractivity contribution in [3.8, 4) is 0 Å². The first-order valence-electron chi connectivity index (χ1n) is 7.86. The second-order valence-electron chi connectivity index (χ2n) is 5.77. The van der Waals surface area contributed by atoms with Gasteiger partial charge in [-0.25, -0.2) is 0 Å². The third kappa shape index (κ3) is 3.81. The molecule has 1 atom stereocenters. The smallest absolute Gasteiger partial charge is 0.0593 e. The monoisotopic (exact) mass is 276 g/mol. The summed E-state index contributed by atoms with van der Waals surface area (Å²) in [6, 6.07) is 10.8. The molecule has 1 aliphatic heterocycles. The van der Waals surface area contributed by atoms with Crippen molar-refractivity contribution in [2.75, 3.05) is 39.4 Å². The van der Waals surface area contributed by atoms with Crippen LogP contribution in [0.15, 0.2) is 30.3 Å². The lowest BCUT2D eigenvalue weighted by Gasteiger charge is -2.45. The third-order valence-corrected chi connectivity index (χ3v) is 4.27. The molecule has 112 valence electrons. The summed E-state index contributed by atoms with van der Waals surface area (Å²) in [5.41, 5.74) is 1.47. The second-order valence-corrected chi connectivity index (χ2v) is 5.77. The second kappa shape index (κ2) is 7.77. The Hall–Kier alpha value is -0.900. The maximum Gasteiger partial charge on any atom is 0.0593 e. The first kappa shape index (κ1) is 15.5. The van der Waals surface area contributed by atoms with Crippen LogP contribution < -0.4 is 5.32 Å². The zero-order valence-corrected chi connectivity index (χ0v) is 12.9. The number of hydrogen-bond donors (Lipinski definition) is 1. The lowest BCUT2D eigenvalue weighted by molar-refractivity contribution is 0.0312. The molecule has 0 saturated carbocycles. The first-order chi connectivity index (χ1) is 9.77. The van der Waals surface area contributed by atoms with E-state index in [1.165, 1.54) is 12.0 Å². The Morgan fingerprint density at radius 3 is 2.80 bits per heavy atom. The van der Waals surface area contributed by atoms with Gasteiger partial charge in [-0.05, 0) is 18.9 Å². The minimum Gasteiger partial charge on any atom is -0.380 e. The average Bonchev–Trinajstić information content (AvgIpc) is 2.50. The lowest BCUT2D eigenvalue weighted by Crippen LogP contribution is -2.58. The van der Waals surface area contributed by atoms with Gasteiger partial charge in [0.15, 0.2) is 0 Å². The number of nitrogens with zero attached hydrogens (tertiary/aromatic N) is 1. The number of piperazine rings is 1. The van der Waals surface area contributed by atoms with E-state index in [2.05, 4.69) is 54.4 Å². The van der Waals surface area contributed by atoms with Crippen molar-refractivity contribution in [3.63, 3.8) is 0 Å². The summed E-state index contributed by atoms with van der Waals surface area (Å²) in [6.45, 7) is 10.4. The van der Waals surface area contributed by atoms with Crippen LogP contribution in [0.1, 0.15) is 32.3 Å². The molecule has 0 radical (unpaired) electrons. The van der Waals surface area contributed by atoms with E-state index in [9.17, 15) is 0 Å². The molecule has 1 N–H and O–H groups in total. The van der Waals surface area contributed by atoms with Gasteiger partial charge in [0.1, 0.15) is 0 Å². The minimum absolute atomic E-state index is 0.0770. The van der Waals surface area contributed by atoms with Crippen molar-refractivity contribution >= 4 is 0 Å². The van der Waals surface area contributed by atoms with Crippen molar-refractivity contribution < 1.29 is 4.74 Å². The number of hydrogen-bond acceptors (Lipinski definition) is 3. The van der Waals surface area contributed by atoms with Crippen LogP contribution in [-0.2, 0) is 10.3 Å². The first-order valence-corrected chi connectivity index (χ1v) is 7.86. The summed E-state index contributed by atoms with van der Waals surface area (Å²) in [5, 5.41) is 3.53. The quantitative estimate of drug-likeness (QED) is 0.775. The van der Waals surface area contributed by atoms with E-state index < -0.39 is 0 Å². The number of unbranched alkanes of at least 4 members (excludes halogenated alkanes) is 1. The highest BCUT2D eigenvalue weighted by Crippen LogP contribution is 2.29. The molecule has 1 saturated heterocycles. The van der Waals surface area contributed by atoms with Gasteiger partial charge in [0, 0.05) is 32.8 Å². The van der Waals surface area contributed by atoms with Crippen molar-refractivity contribution in [1.29, 1.82) is 0 Å². The topological polar surface area (TPSA) is 24.5 Å². The van der Waals surface area contributed by atoms with E-state index >= 15 is 0 Å². The molecule has 1 aliphatic rings. The summed E-state index contributed by atoms with van der Waals surface area (Å²) >= 11 is 0. The van der Waals surface area contributed by atoms with Gasteiger partial charge in [0.05, 0.1) is 12.1 Å². The average molecular weight is 276 g/mol. The van der Waals surface area contributed by atoms with Gasteiger partial charge in [-0.2, -0.15) is 0 Å². The Balaban J connectivity index is 1.94. The molecule has 20 heavy (non-hydrogen) atoms.